The van der Waals surface area contributed by atoms with Crippen LogP contribution in [-0.4, -0.2) is 6.61 Å². The van der Waals surface area contributed by atoms with E-state index in [-0.39, 0.29) is 0 Å². The summed E-state index contributed by atoms with van der Waals surface area (Å²) in [7, 11) is 0. The van der Waals surface area contributed by atoms with Gasteiger partial charge in [0.05, 0.1) is 6.07 Å². The lowest BCUT2D eigenvalue weighted by Crippen LogP contribution is -2.03. The minimum absolute atomic E-state index is 0.457. The summed E-state index contributed by atoms with van der Waals surface area (Å²) in [6.07, 6.45) is 2.87. The van der Waals surface area contributed by atoms with Gasteiger partial charge in [-0.3, -0.25) is 0 Å². The predicted octanol–water partition coefficient (Wildman–Crippen LogP) is 4.61. The van der Waals surface area contributed by atoms with E-state index in [9.17, 15) is 5.26 Å². The molecule has 0 N–H and O–H groups in total. The molecule has 0 bridgehead atoms. The van der Waals surface area contributed by atoms with Crippen molar-refractivity contribution in [2.24, 2.45) is 0 Å². The molecule has 0 saturated carbocycles. The number of fused-ring (bicyclic) bond motifs is 1. The van der Waals surface area contributed by atoms with E-state index in [4.69, 9.17) is 4.74 Å². The number of benzene rings is 2. The Labute approximate surface area is 114 Å². The Morgan fingerprint density at radius 3 is 2.63 bits per heavy atom. The first-order valence-electron chi connectivity index (χ1n) is 6.85. The smallest absolute Gasteiger partial charge is 0.169 e. The molecule has 0 aliphatic heterocycles. The van der Waals surface area contributed by atoms with E-state index >= 15 is 0 Å². The number of rotatable bonds is 6. The minimum atomic E-state index is -0.457. The SMILES string of the molecule is CCCCCO[C@@H](C#N)c1ccc2ccccc2c1. The second-order valence-corrected chi connectivity index (χ2v) is 4.69. The van der Waals surface area contributed by atoms with Crippen molar-refractivity contribution in [2.45, 2.75) is 32.3 Å². The molecule has 0 aliphatic rings. The lowest BCUT2D eigenvalue weighted by molar-refractivity contribution is 0.0871. The standard InChI is InChI=1S/C17H19NO/c1-2-3-6-11-19-17(13-18)16-10-9-14-7-4-5-8-15(14)12-16/h4-5,7-10,12,17H,2-3,6,11H2,1H3/t17-/m0/s1. The van der Waals surface area contributed by atoms with Gasteiger partial charge in [-0.1, -0.05) is 56.2 Å². The third-order valence-corrected chi connectivity index (χ3v) is 3.23. The van der Waals surface area contributed by atoms with Crippen molar-refractivity contribution >= 4 is 10.8 Å². The van der Waals surface area contributed by atoms with Crippen LogP contribution < -0.4 is 0 Å². The van der Waals surface area contributed by atoms with Gasteiger partial charge in [0.2, 0.25) is 0 Å². The summed E-state index contributed by atoms with van der Waals surface area (Å²) in [5, 5.41) is 11.6. The highest BCUT2D eigenvalue weighted by Gasteiger charge is 2.10. The Balaban J connectivity index is 2.10. The maximum Gasteiger partial charge on any atom is 0.169 e. The van der Waals surface area contributed by atoms with Gasteiger partial charge in [-0.15, -0.1) is 0 Å². The third-order valence-electron chi connectivity index (χ3n) is 3.23. The molecule has 0 aromatic heterocycles. The second kappa shape index (κ2) is 6.92. The molecule has 0 heterocycles. The maximum absolute atomic E-state index is 9.23. The van der Waals surface area contributed by atoms with Crippen molar-refractivity contribution in [2.75, 3.05) is 6.61 Å². The van der Waals surface area contributed by atoms with Gasteiger partial charge in [0.15, 0.2) is 6.10 Å². The number of ether oxygens (including phenoxy) is 1. The van der Waals surface area contributed by atoms with Gasteiger partial charge in [0.25, 0.3) is 0 Å². The van der Waals surface area contributed by atoms with Gasteiger partial charge in [-0.2, -0.15) is 5.26 Å². The molecular weight excluding hydrogens is 234 g/mol. The highest BCUT2D eigenvalue weighted by molar-refractivity contribution is 5.83. The Kier molecular flexibility index (Phi) is 4.94. The zero-order valence-electron chi connectivity index (χ0n) is 11.3. The van der Waals surface area contributed by atoms with Crippen LogP contribution in [0.2, 0.25) is 0 Å². The molecular formula is C17H19NO. The van der Waals surface area contributed by atoms with Crippen molar-refractivity contribution in [3.63, 3.8) is 0 Å². The Hall–Kier alpha value is -1.85. The highest BCUT2D eigenvalue weighted by Crippen LogP contribution is 2.22. The fourth-order valence-electron chi connectivity index (χ4n) is 2.13. The van der Waals surface area contributed by atoms with Crippen LogP contribution in [0.4, 0.5) is 0 Å². The molecule has 19 heavy (non-hydrogen) atoms. The molecule has 0 amide bonds. The van der Waals surface area contributed by atoms with Crippen LogP contribution in [0.25, 0.3) is 10.8 Å². The van der Waals surface area contributed by atoms with Crippen LogP contribution in [0.1, 0.15) is 37.9 Å². The third kappa shape index (κ3) is 3.56. The Morgan fingerprint density at radius 1 is 1.11 bits per heavy atom. The van der Waals surface area contributed by atoms with Crippen molar-refractivity contribution in [3.8, 4) is 6.07 Å². The molecule has 0 saturated heterocycles. The van der Waals surface area contributed by atoms with Gasteiger partial charge < -0.3 is 4.74 Å². The van der Waals surface area contributed by atoms with E-state index < -0.39 is 6.10 Å². The number of unbranched alkanes of at least 4 members (excludes halogenated alkanes) is 2. The topological polar surface area (TPSA) is 33.0 Å². The van der Waals surface area contributed by atoms with Crippen molar-refractivity contribution in [1.29, 1.82) is 5.26 Å². The number of hydrogen-bond acceptors (Lipinski definition) is 2. The van der Waals surface area contributed by atoms with Crippen LogP contribution >= 0.6 is 0 Å². The first-order valence-corrected chi connectivity index (χ1v) is 6.85. The molecule has 2 heteroatoms. The summed E-state index contributed by atoms with van der Waals surface area (Å²) in [4.78, 5) is 0. The van der Waals surface area contributed by atoms with Crippen LogP contribution in [0.5, 0.6) is 0 Å². The van der Waals surface area contributed by atoms with Crippen LogP contribution in [-0.2, 0) is 4.74 Å². The van der Waals surface area contributed by atoms with Gasteiger partial charge in [-0.25, -0.2) is 0 Å². The quantitative estimate of drug-likeness (QED) is 0.704. The average Bonchev–Trinajstić information content (AvgIpc) is 2.47. The highest BCUT2D eigenvalue weighted by atomic mass is 16.5. The molecule has 2 rings (SSSR count). The van der Waals surface area contributed by atoms with Crippen LogP contribution in [0.15, 0.2) is 42.5 Å². The van der Waals surface area contributed by atoms with Crippen LogP contribution in [0, 0.1) is 11.3 Å². The fraction of sp³-hybridized carbons (Fsp3) is 0.353. The van der Waals surface area contributed by atoms with E-state index in [0.29, 0.717) is 6.61 Å². The second-order valence-electron chi connectivity index (χ2n) is 4.69. The lowest BCUT2D eigenvalue weighted by atomic mass is 10.0. The fourth-order valence-corrected chi connectivity index (χ4v) is 2.13. The molecule has 2 aromatic carbocycles. The van der Waals surface area contributed by atoms with Gasteiger partial charge in [0.1, 0.15) is 0 Å². The van der Waals surface area contributed by atoms with Gasteiger partial charge in [0, 0.05) is 6.61 Å². The predicted molar refractivity (Wildman–Crippen MR) is 77.8 cm³/mol. The number of nitrogens with zero attached hydrogens (tertiary/aromatic N) is 1. The zero-order valence-corrected chi connectivity index (χ0v) is 11.3. The van der Waals surface area contributed by atoms with Crippen molar-refractivity contribution in [1.82, 2.24) is 0 Å². The molecule has 98 valence electrons. The molecule has 0 aliphatic carbocycles. The Bertz CT molecular complexity index is 571. The molecule has 2 aromatic rings. The van der Waals surface area contributed by atoms with Gasteiger partial charge >= 0.3 is 0 Å². The summed E-state index contributed by atoms with van der Waals surface area (Å²) >= 11 is 0. The monoisotopic (exact) mass is 253 g/mol. The minimum Gasteiger partial charge on any atom is -0.359 e. The first-order chi connectivity index (χ1) is 9.35. The maximum atomic E-state index is 9.23. The normalized spacial score (nSPS) is 12.2. The van der Waals surface area contributed by atoms with E-state index in [0.717, 1.165) is 30.2 Å². The number of hydrogen-bond donors (Lipinski definition) is 0. The average molecular weight is 253 g/mol. The van der Waals surface area contributed by atoms with Crippen LogP contribution in [0.3, 0.4) is 0 Å². The van der Waals surface area contributed by atoms with E-state index in [1.165, 1.54) is 5.39 Å². The summed E-state index contributed by atoms with van der Waals surface area (Å²) in [5.74, 6) is 0. The van der Waals surface area contributed by atoms with Crippen molar-refractivity contribution < 1.29 is 4.74 Å². The Morgan fingerprint density at radius 2 is 1.89 bits per heavy atom. The van der Waals surface area contributed by atoms with E-state index in [1.807, 2.05) is 30.3 Å². The molecule has 2 nitrogen and oxygen atoms in total. The largest absolute Gasteiger partial charge is 0.359 e. The van der Waals surface area contributed by atoms with E-state index in [2.05, 4.69) is 25.1 Å². The first kappa shape index (κ1) is 13.6. The summed E-state index contributed by atoms with van der Waals surface area (Å²) in [6, 6.07) is 16.5. The lowest BCUT2D eigenvalue weighted by Gasteiger charge is -2.11. The van der Waals surface area contributed by atoms with Crippen molar-refractivity contribution in [3.05, 3.63) is 48.0 Å². The number of nitriles is 1. The molecule has 1 atom stereocenters. The molecule has 0 fully saturated rings. The summed E-state index contributed by atoms with van der Waals surface area (Å²) < 4.78 is 5.67. The molecule has 0 spiro atoms. The zero-order chi connectivity index (χ0) is 13.5. The molecule has 0 radical (unpaired) electrons. The van der Waals surface area contributed by atoms with E-state index in [1.54, 1.807) is 0 Å². The summed E-state index contributed by atoms with van der Waals surface area (Å²) in [6.45, 7) is 2.81. The summed E-state index contributed by atoms with van der Waals surface area (Å²) in [5.41, 5.74) is 0.942. The molecule has 0 unspecified atom stereocenters. The van der Waals surface area contributed by atoms with Gasteiger partial charge in [-0.05, 0) is 28.8 Å².